The molecule has 1 aliphatic rings. The van der Waals surface area contributed by atoms with Crippen molar-refractivity contribution in [2.24, 2.45) is 0 Å². The maximum absolute atomic E-state index is 11.7. The van der Waals surface area contributed by atoms with Crippen LogP contribution in [-0.4, -0.2) is 80.3 Å². The summed E-state index contributed by atoms with van der Waals surface area (Å²) in [6.07, 6.45) is 20.4. The van der Waals surface area contributed by atoms with Gasteiger partial charge in [0.2, 0.25) is 0 Å². The molecular weight excluding hydrogens is 481 g/mol. The van der Waals surface area contributed by atoms with Crippen LogP contribution >= 0.6 is 7.82 Å². The molecule has 1 saturated heterocycles. The van der Waals surface area contributed by atoms with E-state index in [2.05, 4.69) is 6.92 Å². The summed E-state index contributed by atoms with van der Waals surface area (Å²) in [4.78, 5) is 18.9. The molecule has 1 rings (SSSR count). The molecule has 9 heteroatoms. The molecule has 3 atom stereocenters. The second-order valence-electron chi connectivity index (χ2n) is 11.6. The van der Waals surface area contributed by atoms with Gasteiger partial charge >= 0.3 is 7.82 Å². The van der Waals surface area contributed by atoms with E-state index in [0.29, 0.717) is 11.1 Å². The van der Waals surface area contributed by atoms with Crippen LogP contribution in [0, 0.1) is 0 Å². The van der Waals surface area contributed by atoms with Gasteiger partial charge in [-0.25, -0.2) is 9.09 Å². The number of rotatable bonds is 22. The molecule has 0 bridgehead atoms. The lowest BCUT2D eigenvalue weighted by Gasteiger charge is -2.44. The van der Waals surface area contributed by atoms with E-state index in [1.54, 1.807) is 0 Å². The van der Waals surface area contributed by atoms with Crippen molar-refractivity contribution in [2.75, 3.05) is 48.0 Å². The van der Waals surface area contributed by atoms with Crippen molar-refractivity contribution in [1.29, 1.82) is 0 Å². The molecule has 36 heavy (non-hydrogen) atoms. The van der Waals surface area contributed by atoms with Gasteiger partial charge in [-0.05, 0) is 6.42 Å². The summed E-state index contributed by atoms with van der Waals surface area (Å²) < 4.78 is 34.7. The van der Waals surface area contributed by atoms with Gasteiger partial charge in [0.05, 0.1) is 40.5 Å². The van der Waals surface area contributed by atoms with Gasteiger partial charge in [-0.15, -0.1) is 0 Å². The molecule has 1 heterocycles. The zero-order valence-electron chi connectivity index (χ0n) is 23.9. The first-order valence-corrected chi connectivity index (χ1v) is 15.9. The fourth-order valence-corrected chi connectivity index (χ4v) is 5.64. The summed E-state index contributed by atoms with van der Waals surface area (Å²) >= 11 is 0. The molecule has 0 saturated carbocycles. The average Bonchev–Trinajstić information content (AvgIpc) is 2.79. The highest BCUT2D eigenvalue weighted by atomic mass is 31.2. The van der Waals surface area contributed by atoms with E-state index in [1.165, 1.54) is 97.0 Å². The lowest BCUT2D eigenvalue weighted by atomic mass is 10.0. The van der Waals surface area contributed by atoms with Crippen molar-refractivity contribution in [1.82, 2.24) is 0 Å². The molecule has 1 fully saturated rings. The minimum Gasteiger partial charge on any atom is -0.373 e. The summed E-state index contributed by atoms with van der Waals surface area (Å²) in [7, 11) is 2.30. The Morgan fingerprint density at radius 2 is 1.28 bits per heavy atom. The quantitative estimate of drug-likeness (QED) is 0.0734. The van der Waals surface area contributed by atoms with Gasteiger partial charge in [0.15, 0.2) is 0 Å². The maximum atomic E-state index is 11.7. The van der Waals surface area contributed by atoms with Crippen molar-refractivity contribution in [3.05, 3.63) is 0 Å². The number of nitrogens with zero attached hydrogens (tertiary/aromatic N) is 1. The number of hydrogen-bond donors (Lipinski definition) is 2. The Bertz CT molecular complexity index is 587. The van der Waals surface area contributed by atoms with Crippen LogP contribution in [0.5, 0.6) is 0 Å². The number of phosphoric ester groups is 1. The summed E-state index contributed by atoms with van der Waals surface area (Å²) in [6, 6.07) is 0. The summed E-state index contributed by atoms with van der Waals surface area (Å²) in [6.45, 7) is 3.02. The molecule has 3 unspecified atom stereocenters. The molecule has 1 aliphatic heterocycles. The van der Waals surface area contributed by atoms with Gasteiger partial charge < -0.3 is 28.5 Å². The smallest absolute Gasteiger partial charge is 0.373 e. The van der Waals surface area contributed by atoms with Crippen LogP contribution < -0.4 is 0 Å². The highest BCUT2D eigenvalue weighted by Gasteiger charge is 2.52. The normalized spacial score (nSPS) is 21.0. The molecule has 0 amide bonds. The predicted octanol–water partition coefficient (Wildman–Crippen LogP) is 6.19. The molecule has 0 aliphatic carbocycles. The van der Waals surface area contributed by atoms with Crippen LogP contribution in [0.15, 0.2) is 0 Å². The van der Waals surface area contributed by atoms with Gasteiger partial charge in [-0.2, -0.15) is 0 Å². The molecule has 0 aromatic rings. The Morgan fingerprint density at radius 3 is 1.64 bits per heavy atom. The number of methoxy groups -OCH3 is 1. The standard InChI is InChI=1S/C27H56NO7P/c1-6-7-8-9-10-11-12-13-14-15-16-17-18-19-20-21-25-22-34-26(23-33-25)27(32-5,24-28(2,3)4)35-36(29,30)31/h25-26H,6-24H2,1-5H3,(H-,29,30,31)/p+1. The van der Waals surface area contributed by atoms with Crippen molar-refractivity contribution in [3.63, 3.8) is 0 Å². The van der Waals surface area contributed by atoms with Crippen LogP contribution in [0.2, 0.25) is 0 Å². The minimum absolute atomic E-state index is 0.00281. The second-order valence-corrected chi connectivity index (χ2v) is 12.7. The number of unbranched alkanes of at least 4 members (excludes halogenated alkanes) is 14. The fraction of sp³-hybridized carbons (Fsp3) is 1.00. The predicted molar refractivity (Wildman–Crippen MR) is 145 cm³/mol. The topological polar surface area (TPSA) is 94.5 Å². The molecule has 2 N–H and O–H groups in total. The zero-order chi connectivity index (χ0) is 26.9. The maximum Gasteiger partial charge on any atom is 0.472 e. The van der Waals surface area contributed by atoms with Crippen molar-refractivity contribution in [3.8, 4) is 0 Å². The average molecular weight is 539 g/mol. The van der Waals surface area contributed by atoms with E-state index in [0.717, 1.165) is 12.8 Å². The Balaban J connectivity index is 2.15. The van der Waals surface area contributed by atoms with E-state index >= 15 is 0 Å². The number of likely N-dealkylation sites (N-methyl/N-ethyl adjacent to an activating group) is 1. The molecule has 0 spiro atoms. The number of phosphoric acid groups is 1. The fourth-order valence-electron chi connectivity index (χ4n) is 4.99. The Morgan fingerprint density at radius 1 is 0.806 bits per heavy atom. The van der Waals surface area contributed by atoms with E-state index in [4.69, 9.17) is 18.7 Å². The lowest BCUT2D eigenvalue weighted by molar-refractivity contribution is -0.881. The molecular formula is C27H57NO7P+. The third-order valence-electron chi connectivity index (χ3n) is 6.90. The van der Waals surface area contributed by atoms with Gasteiger partial charge in [0, 0.05) is 7.11 Å². The monoisotopic (exact) mass is 538 g/mol. The second kappa shape index (κ2) is 18.3. The van der Waals surface area contributed by atoms with E-state index in [-0.39, 0.29) is 19.3 Å². The summed E-state index contributed by atoms with van der Waals surface area (Å²) in [5.41, 5.74) is 0. The first-order valence-electron chi connectivity index (χ1n) is 14.4. The summed E-state index contributed by atoms with van der Waals surface area (Å²) in [5.74, 6) is -1.59. The summed E-state index contributed by atoms with van der Waals surface area (Å²) in [5, 5.41) is 0. The number of quaternary nitrogens is 1. The van der Waals surface area contributed by atoms with Crippen LogP contribution in [-0.2, 0) is 23.3 Å². The van der Waals surface area contributed by atoms with Gasteiger partial charge in [0.25, 0.3) is 5.79 Å². The number of hydrogen-bond acceptors (Lipinski definition) is 5. The van der Waals surface area contributed by atoms with E-state index < -0.39 is 19.7 Å². The third-order valence-corrected chi connectivity index (χ3v) is 7.45. The number of ether oxygens (including phenoxy) is 3. The zero-order valence-corrected chi connectivity index (χ0v) is 24.8. The SMILES string of the molecule is CCCCCCCCCCCCCCCCCC1COC(C(C[N+](C)(C)C)(OC)OP(=O)(O)O)CO1. The van der Waals surface area contributed by atoms with Gasteiger partial charge in [-0.3, -0.25) is 0 Å². The molecule has 0 radical (unpaired) electrons. The molecule has 0 aromatic carbocycles. The van der Waals surface area contributed by atoms with Crippen molar-refractivity contribution >= 4 is 7.82 Å². The molecule has 8 nitrogen and oxygen atoms in total. The Kier molecular flexibility index (Phi) is 17.2. The van der Waals surface area contributed by atoms with Crippen LogP contribution in [0.25, 0.3) is 0 Å². The van der Waals surface area contributed by atoms with Crippen LogP contribution in [0.3, 0.4) is 0 Å². The highest BCUT2D eigenvalue weighted by molar-refractivity contribution is 7.46. The van der Waals surface area contributed by atoms with Gasteiger partial charge in [0.1, 0.15) is 12.6 Å². The Labute approximate surface area is 221 Å². The van der Waals surface area contributed by atoms with E-state index in [1.807, 2.05) is 21.1 Å². The van der Waals surface area contributed by atoms with Crippen molar-refractivity contribution in [2.45, 2.75) is 128 Å². The largest absolute Gasteiger partial charge is 0.472 e. The van der Waals surface area contributed by atoms with Gasteiger partial charge in [-0.1, -0.05) is 103 Å². The van der Waals surface area contributed by atoms with Crippen molar-refractivity contribution < 1.29 is 37.6 Å². The lowest BCUT2D eigenvalue weighted by Crippen LogP contribution is -2.61. The van der Waals surface area contributed by atoms with Crippen LogP contribution in [0.1, 0.15) is 110 Å². The van der Waals surface area contributed by atoms with Crippen LogP contribution in [0.4, 0.5) is 0 Å². The first-order chi connectivity index (χ1) is 17.0. The molecule has 0 aromatic heterocycles. The highest BCUT2D eigenvalue weighted by Crippen LogP contribution is 2.44. The minimum atomic E-state index is -4.79. The molecule has 216 valence electrons. The third kappa shape index (κ3) is 16.0. The van der Waals surface area contributed by atoms with E-state index in [9.17, 15) is 14.4 Å². The first kappa shape index (κ1) is 34.0. The Hall–Kier alpha value is -0.0500.